The van der Waals surface area contributed by atoms with Gasteiger partial charge in [-0.3, -0.25) is 14.2 Å². The van der Waals surface area contributed by atoms with Gasteiger partial charge in [0.15, 0.2) is 5.69 Å². The van der Waals surface area contributed by atoms with Crippen molar-refractivity contribution in [2.45, 2.75) is 43.9 Å². The SMILES string of the molecule is O=C(NC1CCC(Nc2cccc3nc(C(F)(F)F)cn23)CC1)c1nccc2[nH]ccc12. The van der Waals surface area contributed by atoms with E-state index in [1.165, 1.54) is 4.40 Å². The number of imidazole rings is 1. The molecule has 4 heterocycles. The van der Waals surface area contributed by atoms with Gasteiger partial charge in [0.05, 0.1) is 0 Å². The van der Waals surface area contributed by atoms with Crippen molar-refractivity contribution in [3.8, 4) is 0 Å². The molecule has 1 saturated carbocycles. The van der Waals surface area contributed by atoms with Crippen molar-refractivity contribution in [3.05, 3.63) is 60.3 Å². The number of nitrogens with one attached hydrogen (secondary N) is 3. The lowest BCUT2D eigenvalue weighted by molar-refractivity contribution is -0.140. The molecule has 7 nitrogen and oxygen atoms in total. The molecule has 0 saturated heterocycles. The maximum Gasteiger partial charge on any atom is 0.434 e. The molecule has 10 heteroatoms. The minimum Gasteiger partial charge on any atom is -0.368 e. The van der Waals surface area contributed by atoms with Crippen LogP contribution in [0.2, 0.25) is 0 Å². The summed E-state index contributed by atoms with van der Waals surface area (Å²) in [5.74, 6) is 0.371. The van der Waals surface area contributed by atoms with Gasteiger partial charge in [-0.1, -0.05) is 6.07 Å². The average Bonchev–Trinajstić information content (AvgIpc) is 3.42. The molecule has 1 aliphatic rings. The zero-order valence-corrected chi connectivity index (χ0v) is 17.0. The number of H-pyrrole nitrogens is 1. The minimum absolute atomic E-state index is 0.0254. The van der Waals surface area contributed by atoms with Gasteiger partial charge in [0.25, 0.3) is 5.91 Å². The number of anilines is 1. The van der Waals surface area contributed by atoms with Crippen LogP contribution < -0.4 is 10.6 Å². The molecule has 3 N–H and O–H groups in total. The molecule has 0 radical (unpaired) electrons. The van der Waals surface area contributed by atoms with Crippen LogP contribution in [0.1, 0.15) is 41.9 Å². The predicted octanol–water partition coefficient (Wildman–Crippen LogP) is 4.38. The van der Waals surface area contributed by atoms with Crippen LogP contribution in [-0.4, -0.2) is 37.3 Å². The highest BCUT2D eigenvalue weighted by Gasteiger charge is 2.34. The van der Waals surface area contributed by atoms with Crippen LogP contribution in [0, 0.1) is 0 Å². The van der Waals surface area contributed by atoms with Crippen molar-refractivity contribution >= 4 is 28.3 Å². The maximum absolute atomic E-state index is 13.0. The van der Waals surface area contributed by atoms with Gasteiger partial charge in [0, 0.05) is 41.6 Å². The first-order valence-corrected chi connectivity index (χ1v) is 10.4. The Morgan fingerprint density at radius 2 is 1.88 bits per heavy atom. The molecule has 1 aliphatic carbocycles. The van der Waals surface area contributed by atoms with Crippen molar-refractivity contribution < 1.29 is 18.0 Å². The van der Waals surface area contributed by atoms with E-state index in [4.69, 9.17) is 0 Å². The van der Waals surface area contributed by atoms with E-state index < -0.39 is 11.9 Å². The highest BCUT2D eigenvalue weighted by atomic mass is 19.4. The lowest BCUT2D eigenvalue weighted by Crippen LogP contribution is -2.40. The quantitative estimate of drug-likeness (QED) is 0.438. The number of aromatic amines is 1. The largest absolute Gasteiger partial charge is 0.434 e. The summed E-state index contributed by atoms with van der Waals surface area (Å²) in [6, 6.07) is 8.75. The van der Waals surface area contributed by atoms with E-state index >= 15 is 0 Å². The number of fused-ring (bicyclic) bond motifs is 2. The van der Waals surface area contributed by atoms with Crippen molar-refractivity contribution in [2.75, 3.05) is 5.32 Å². The van der Waals surface area contributed by atoms with Crippen molar-refractivity contribution in [2.24, 2.45) is 0 Å². The molecule has 0 bridgehead atoms. The van der Waals surface area contributed by atoms with Crippen LogP contribution in [0.5, 0.6) is 0 Å². The summed E-state index contributed by atoms with van der Waals surface area (Å²) in [5, 5.41) is 7.19. The van der Waals surface area contributed by atoms with Crippen LogP contribution in [-0.2, 0) is 6.18 Å². The zero-order valence-electron chi connectivity index (χ0n) is 17.0. The summed E-state index contributed by atoms with van der Waals surface area (Å²) in [6.07, 6.45) is 3.00. The minimum atomic E-state index is -4.49. The van der Waals surface area contributed by atoms with Crippen molar-refractivity contribution in [1.29, 1.82) is 0 Å². The van der Waals surface area contributed by atoms with Crippen LogP contribution in [0.3, 0.4) is 0 Å². The normalized spacial score (nSPS) is 19.3. The van der Waals surface area contributed by atoms with Gasteiger partial charge in [-0.25, -0.2) is 4.98 Å². The lowest BCUT2D eigenvalue weighted by Gasteiger charge is -2.30. The van der Waals surface area contributed by atoms with E-state index in [0.29, 0.717) is 11.5 Å². The second kappa shape index (κ2) is 7.85. The highest BCUT2D eigenvalue weighted by Crippen LogP contribution is 2.30. The molecule has 0 spiro atoms. The molecule has 1 amide bonds. The fourth-order valence-corrected chi connectivity index (χ4v) is 4.27. The number of alkyl halides is 3. The third-order valence-corrected chi connectivity index (χ3v) is 5.89. The van der Waals surface area contributed by atoms with Gasteiger partial charge in [0.2, 0.25) is 0 Å². The first kappa shape index (κ1) is 20.3. The Hall–Kier alpha value is -3.56. The Kier molecular flexibility index (Phi) is 4.99. The van der Waals surface area contributed by atoms with E-state index in [-0.39, 0.29) is 23.6 Å². The topological polar surface area (TPSA) is 87.1 Å². The highest BCUT2D eigenvalue weighted by molar-refractivity contribution is 6.04. The molecule has 0 aliphatic heterocycles. The zero-order chi connectivity index (χ0) is 22.3. The standard InChI is InChI=1S/C22H21F3N6O/c23-22(24,25)17-12-31-18(2-1-3-19(31)30-17)28-13-4-6-14(7-5-13)29-21(32)20-15-8-10-26-16(15)9-11-27-20/h1-3,8-14,26,28H,4-7H2,(H,29,32). The number of carbonyl (C=O) groups is 1. The summed E-state index contributed by atoms with van der Waals surface area (Å²) < 4.78 is 40.5. The van der Waals surface area contributed by atoms with E-state index in [1.807, 2.05) is 12.1 Å². The van der Waals surface area contributed by atoms with Crippen LogP contribution in [0.4, 0.5) is 19.0 Å². The van der Waals surface area contributed by atoms with Gasteiger partial charge in [0.1, 0.15) is 17.2 Å². The monoisotopic (exact) mass is 442 g/mol. The molecule has 5 rings (SSSR count). The van der Waals surface area contributed by atoms with Crippen LogP contribution in [0.25, 0.3) is 16.6 Å². The fraction of sp³-hybridized carbons (Fsp3) is 0.318. The van der Waals surface area contributed by atoms with E-state index in [2.05, 4.69) is 25.6 Å². The summed E-state index contributed by atoms with van der Waals surface area (Å²) in [6.45, 7) is 0. The first-order valence-electron chi connectivity index (χ1n) is 10.4. The molecule has 32 heavy (non-hydrogen) atoms. The van der Waals surface area contributed by atoms with Gasteiger partial charge in [-0.2, -0.15) is 13.2 Å². The summed E-state index contributed by atoms with van der Waals surface area (Å²) >= 11 is 0. The number of nitrogens with zero attached hydrogens (tertiary/aromatic N) is 3. The second-order valence-electron chi connectivity index (χ2n) is 8.03. The molecular formula is C22H21F3N6O. The number of aromatic nitrogens is 4. The van der Waals surface area contributed by atoms with E-state index in [9.17, 15) is 18.0 Å². The lowest BCUT2D eigenvalue weighted by atomic mass is 9.91. The Bertz CT molecular complexity index is 1270. The molecule has 0 aromatic carbocycles. The fourth-order valence-electron chi connectivity index (χ4n) is 4.27. The van der Waals surface area contributed by atoms with Gasteiger partial charge < -0.3 is 15.6 Å². The Labute approximate surface area is 181 Å². The van der Waals surface area contributed by atoms with Crippen molar-refractivity contribution in [3.63, 3.8) is 0 Å². The van der Waals surface area contributed by atoms with Crippen LogP contribution >= 0.6 is 0 Å². The molecular weight excluding hydrogens is 421 g/mol. The van der Waals surface area contributed by atoms with Crippen molar-refractivity contribution in [1.82, 2.24) is 24.7 Å². The summed E-state index contributed by atoms with van der Waals surface area (Å²) in [5.41, 5.74) is 0.593. The number of carbonyl (C=O) groups excluding carboxylic acids is 1. The third kappa shape index (κ3) is 3.88. The average molecular weight is 442 g/mol. The second-order valence-corrected chi connectivity index (χ2v) is 8.03. The van der Waals surface area contributed by atoms with Gasteiger partial charge >= 0.3 is 6.18 Å². The van der Waals surface area contributed by atoms with E-state index in [1.54, 1.807) is 30.6 Å². The number of halogens is 3. The van der Waals surface area contributed by atoms with Crippen LogP contribution in [0.15, 0.2) is 48.9 Å². The van der Waals surface area contributed by atoms with E-state index in [0.717, 1.165) is 42.8 Å². The molecule has 4 aromatic rings. The number of hydrogen-bond acceptors (Lipinski definition) is 4. The molecule has 0 unspecified atom stereocenters. The number of amides is 1. The molecule has 166 valence electrons. The Morgan fingerprint density at radius 1 is 1.09 bits per heavy atom. The predicted molar refractivity (Wildman–Crippen MR) is 113 cm³/mol. The Balaban J connectivity index is 1.22. The number of hydrogen-bond donors (Lipinski definition) is 3. The molecule has 1 fully saturated rings. The number of pyridine rings is 2. The van der Waals surface area contributed by atoms with Gasteiger partial charge in [-0.15, -0.1) is 0 Å². The smallest absolute Gasteiger partial charge is 0.368 e. The number of rotatable bonds is 4. The van der Waals surface area contributed by atoms with Gasteiger partial charge in [-0.05, 0) is 49.9 Å². The summed E-state index contributed by atoms with van der Waals surface area (Å²) in [4.78, 5) is 23.7. The molecule has 0 atom stereocenters. The molecule has 4 aromatic heterocycles. The maximum atomic E-state index is 13.0. The summed E-state index contributed by atoms with van der Waals surface area (Å²) in [7, 11) is 0. The third-order valence-electron chi connectivity index (χ3n) is 5.89. The first-order chi connectivity index (χ1) is 15.4. The Morgan fingerprint density at radius 3 is 2.66 bits per heavy atom.